The van der Waals surface area contributed by atoms with Crippen LogP contribution in [0.3, 0.4) is 0 Å². The van der Waals surface area contributed by atoms with Gasteiger partial charge in [0.2, 0.25) is 5.91 Å². The molecule has 1 fully saturated rings. The molecule has 1 amide bonds. The van der Waals surface area contributed by atoms with Crippen LogP contribution in [0.15, 0.2) is 24.3 Å². The standard InChI is InChI=1S/C19H27NO4/c1-2-11-24-13-17-6-4-3-5-16(17)12-20-18(21)14-7-9-15(10-8-14)19(22)23/h3-6,14-15H,2,7-13H2,1H3,(H,20,21)(H,22,23). The predicted molar refractivity (Wildman–Crippen MR) is 91.3 cm³/mol. The van der Waals surface area contributed by atoms with Gasteiger partial charge in [-0.25, -0.2) is 0 Å². The number of ether oxygens (including phenoxy) is 1. The van der Waals surface area contributed by atoms with Gasteiger partial charge in [0, 0.05) is 19.1 Å². The summed E-state index contributed by atoms with van der Waals surface area (Å²) in [6.07, 6.45) is 3.48. The van der Waals surface area contributed by atoms with Crippen LogP contribution < -0.4 is 5.32 Å². The Balaban J connectivity index is 1.83. The van der Waals surface area contributed by atoms with Crippen LogP contribution in [0, 0.1) is 11.8 Å². The van der Waals surface area contributed by atoms with E-state index in [0.717, 1.165) is 24.2 Å². The van der Waals surface area contributed by atoms with Crippen molar-refractivity contribution >= 4 is 11.9 Å². The number of carboxylic acids is 1. The van der Waals surface area contributed by atoms with E-state index in [1.54, 1.807) is 0 Å². The molecule has 0 bridgehead atoms. The molecule has 0 heterocycles. The summed E-state index contributed by atoms with van der Waals surface area (Å²) in [5.74, 6) is -1.06. The minimum absolute atomic E-state index is 0.0307. The molecule has 0 aliphatic heterocycles. The van der Waals surface area contributed by atoms with E-state index in [9.17, 15) is 9.59 Å². The highest BCUT2D eigenvalue weighted by molar-refractivity contribution is 5.79. The lowest BCUT2D eigenvalue weighted by molar-refractivity contribution is -0.144. The van der Waals surface area contributed by atoms with E-state index in [0.29, 0.717) is 38.8 Å². The lowest BCUT2D eigenvalue weighted by Crippen LogP contribution is -2.34. The van der Waals surface area contributed by atoms with E-state index in [-0.39, 0.29) is 17.7 Å². The van der Waals surface area contributed by atoms with Crippen LogP contribution in [0.4, 0.5) is 0 Å². The fraction of sp³-hybridized carbons (Fsp3) is 0.579. The lowest BCUT2D eigenvalue weighted by atomic mass is 9.81. The maximum Gasteiger partial charge on any atom is 0.306 e. The molecule has 0 aromatic heterocycles. The molecule has 0 unspecified atom stereocenters. The number of carbonyl (C=O) groups is 2. The van der Waals surface area contributed by atoms with Crippen molar-refractivity contribution in [3.8, 4) is 0 Å². The third kappa shape index (κ3) is 5.34. The predicted octanol–water partition coefficient (Wildman–Crippen LogP) is 3.12. The molecule has 1 saturated carbocycles. The maximum absolute atomic E-state index is 12.3. The highest BCUT2D eigenvalue weighted by Gasteiger charge is 2.29. The van der Waals surface area contributed by atoms with Crippen molar-refractivity contribution in [2.45, 2.75) is 52.2 Å². The molecule has 0 atom stereocenters. The summed E-state index contributed by atoms with van der Waals surface area (Å²) in [7, 11) is 0. The van der Waals surface area contributed by atoms with E-state index in [1.807, 2.05) is 24.3 Å². The summed E-state index contributed by atoms with van der Waals surface area (Å²) in [5, 5.41) is 12.0. The van der Waals surface area contributed by atoms with E-state index in [1.165, 1.54) is 0 Å². The number of hydrogen-bond donors (Lipinski definition) is 2. The van der Waals surface area contributed by atoms with Gasteiger partial charge in [-0.3, -0.25) is 9.59 Å². The third-order valence-electron chi connectivity index (χ3n) is 4.62. The van der Waals surface area contributed by atoms with Gasteiger partial charge in [-0.2, -0.15) is 0 Å². The zero-order chi connectivity index (χ0) is 17.4. The van der Waals surface area contributed by atoms with Crippen LogP contribution in [0.25, 0.3) is 0 Å². The Kier molecular flexibility index (Phi) is 7.25. The van der Waals surface area contributed by atoms with Crippen LogP contribution in [0.5, 0.6) is 0 Å². The number of nitrogens with one attached hydrogen (secondary N) is 1. The van der Waals surface area contributed by atoms with Gasteiger partial charge in [0.1, 0.15) is 0 Å². The summed E-state index contributed by atoms with van der Waals surface area (Å²) in [6, 6.07) is 7.97. The molecule has 1 aromatic rings. The van der Waals surface area contributed by atoms with Crippen molar-refractivity contribution in [2.24, 2.45) is 11.8 Å². The summed E-state index contributed by atoms with van der Waals surface area (Å²) in [4.78, 5) is 23.3. The number of hydrogen-bond acceptors (Lipinski definition) is 3. The van der Waals surface area contributed by atoms with Gasteiger partial charge < -0.3 is 15.2 Å². The number of benzene rings is 1. The first-order chi connectivity index (χ1) is 11.6. The van der Waals surface area contributed by atoms with Crippen LogP contribution in [0.2, 0.25) is 0 Å². The number of amides is 1. The van der Waals surface area contributed by atoms with Crippen molar-refractivity contribution in [3.63, 3.8) is 0 Å². The Hall–Kier alpha value is -1.88. The second-order valence-corrected chi connectivity index (χ2v) is 6.43. The maximum atomic E-state index is 12.3. The Morgan fingerprint density at radius 1 is 1.12 bits per heavy atom. The number of rotatable bonds is 8. The molecular weight excluding hydrogens is 306 g/mol. The average Bonchev–Trinajstić information content (AvgIpc) is 2.61. The van der Waals surface area contributed by atoms with Crippen LogP contribution >= 0.6 is 0 Å². The molecule has 5 nitrogen and oxygen atoms in total. The van der Waals surface area contributed by atoms with E-state index >= 15 is 0 Å². The summed E-state index contributed by atoms with van der Waals surface area (Å²) >= 11 is 0. The van der Waals surface area contributed by atoms with Gasteiger partial charge in [-0.05, 0) is 43.2 Å². The second kappa shape index (κ2) is 9.42. The second-order valence-electron chi connectivity index (χ2n) is 6.43. The topological polar surface area (TPSA) is 75.6 Å². The van der Waals surface area contributed by atoms with Gasteiger partial charge in [-0.15, -0.1) is 0 Å². The van der Waals surface area contributed by atoms with Crippen LogP contribution in [-0.2, 0) is 27.5 Å². The van der Waals surface area contributed by atoms with Crippen molar-refractivity contribution in [2.75, 3.05) is 6.61 Å². The molecular formula is C19H27NO4. The zero-order valence-electron chi connectivity index (χ0n) is 14.3. The quantitative estimate of drug-likeness (QED) is 0.717. The van der Waals surface area contributed by atoms with Gasteiger partial charge >= 0.3 is 5.97 Å². The summed E-state index contributed by atoms with van der Waals surface area (Å²) in [6.45, 7) is 3.85. The van der Waals surface area contributed by atoms with Crippen molar-refractivity contribution < 1.29 is 19.4 Å². The highest BCUT2D eigenvalue weighted by atomic mass is 16.5. The first-order valence-corrected chi connectivity index (χ1v) is 8.76. The van der Waals surface area contributed by atoms with Gasteiger partial charge in [0.25, 0.3) is 0 Å². The molecule has 1 aromatic carbocycles. The van der Waals surface area contributed by atoms with Crippen molar-refractivity contribution in [1.82, 2.24) is 5.32 Å². The van der Waals surface area contributed by atoms with E-state index < -0.39 is 5.97 Å². The Morgan fingerprint density at radius 3 is 2.38 bits per heavy atom. The smallest absolute Gasteiger partial charge is 0.306 e. The van der Waals surface area contributed by atoms with Gasteiger partial charge in [0.05, 0.1) is 12.5 Å². The molecule has 2 N–H and O–H groups in total. The fourth-order valence-corrected chi connectivity index (χ4v) is 3.13. The molecule has 24 heavy (non-hydrogen) atoms. The molecule has 132 valence electrons. The molecule has 0 spiro atoms. The monoisotopic (exact) mass is 333 g/mol. The van der Waals surface area contributed by atoms with E-state index in [2.05, 4.69) is 12.2 Å². The van der Waals surface area contributed by atoms with Gasteiger partial charge in [-0.1, -0.05) is 31.2 Å². The summed E-state index contributed by atoms with van der Waals surface area (Å²) in [5.41, 5.74) is 2.17. The summed E-state index contributed by atoms with van der Waals surface area (Å²) < 4.78 is 5.60. The highest BCUT2D eigenvalue weighted by Crippen LogP contribution is 2.29. The average molecular weight is 333 g/mol. The van der Waals surface area contributed by atoms with Crippen LogP contribution in [0.1, 0.15) is 50.2 Å². The zero-order valence-corrected chi connectivity index (χ0v) is 14.3. The fourth-order valence-electron chi connectivity index (χ4n) is 3.13. The Labute approximate surface area is 143 Å². The van der Waals surface area contributed by atoms with Crippen LogP contribution in [-0.4, -0.2) is 23.6 Å². The van der Waals surface area contributed by atoms with Crippen molar-refractivity contribution in [1.29, 1.82) is 0 Å². The normalized spacial score (nSPS) is 20.5. The minimum atomic E-state index is -0.741. The van der Waals surface area contributed by atoms with E-state index in [4.69, 9.17) is 9.84 Å². The number of carboxylic acid groups (broad SMARTS) is 1. The Morgan fingerprint density at radius 2 is 1.75 bits per heavy atom. The first-order valence-electron chi connectivity index (χ1n) is 8.76. The van der Waals surface area contributed by atoms with Gasteiger partial charge in [0.15, 0.2) is 0 Å². The molecule has 0 radical (unpaired) electrons. The number of aliphatic carboxylic acids is 1. The third-order valence-corrected chi connectivity index (χ3v) is 4.62. The molecule has 5 heteroatoms. The SMILES string of the molecule is CCCOCc1ccccc1CNC(=O)C1CCC(C(=O)O)CC1. The van der Waals surface area contributed by atoms with Crippen molar-refractivity contribution in [3.05, 3.63) is 35.4 Å². The molecule has 1 aliphatic rings. The minimum Gasteiger partial charge on any atom is -0.481 e. The number of carbonyl (C=O) groups excluding carboxylic acids is 1. The lowest BCUT2D eigenvalue weighted by Gasteiger charge is -2.25. The first kappa shape index (κ1) is 18.5. The molecule has 0 saturated heterocycles. The molecule has 2 rings (SSSR count). The molecule has 1 aliphatic carbocycles. The Bertz CT molecular complexity index is 550. The largest absolute Gasteiger partial charge is 0.481 e.